The van der Waals surface area contributed by atoms with E-state index in [4.69, 9.17) is 11.6 Å². The van der Waals surface area contributed by atoms with Gasteiger partial charge >= 0.3 is 0 Å². The molecule has 0 aliphatic rings. The molecule has 2 heterocycles. The summed E-state index contributed by atoms with van der Waals surface area (Å²) in [5, 5.41) is 14.7. The summed E-state index contributed by atoms with van der Waals surface area (Å²) in [6.07, 6.45) is 4.08. The van der Waals surface area contributed by atoms with Crippen molar-refractivity contribution in [2.24, 2.45) is 5.92 Å². The minimum absolute atomic E-state index is 0.107. The summed E-state index contributed by atoms with van der Waals surface area (Å²) < 4.78 is 0. The smallest absolute Gasteiger partial charge is 0.178 e. The Morgan fingerprint density at radius 1 is 1.43 bits per heavy atom. The van der Waals surface area contributed by atoms with Crippen molar-refractivity contribution in [2.45, 2.75) is 39.0 Å². The minimum atomic E-state index is -0.122. The van der Waals surface area contributed by atoms with Gasteiger partial charge in [-0.25, -0.2) is 4.98 Å². The molecule has 0 spiro atoms. The molecule has 112 valence electrons. The lowest BCUT2D eigenvalue weighted by Crippen LogP contribution is -2.23. The first-order valence-electron chi connectivity index (χ1n) is 6.96. The van der Waals surface area contributed by atoms with Crippen LogP contribution in [0.2, 0.25) is 5.15 Å². The Morgan fingerprint density at radius 3 is 2.76 bits per heavy atom. The van der Waals surface area contributed by atoms with E-state index in [1.807, 2.05) is 6.07 Å². The fourth-order valence-electron chi connectivity index (χ4n) is 2.52. The normalized spacial score (nSPS) is 13.9. The zero-order valence-electron chi connectivity index (χ0n) is 12.1. The lowest BCUT2D eigenvalue weighted by atomic mass is 9.81. The van der Waals surface area contributed by atoms with Crippen LogP contribution in [0, 0.1) is 5.92 Å². The largest absolute Gasteiger partial charge is 0.300 e. The van der Waals surface area contributed by atoms with Crippen LogP contribution in [-0.2, 0) is 11.2 Å². The third kappa shape index (κ3) is 4.07. The summed E-state index contributed by atoms with van der Waals surface area (Å²) in [5.74, 6) is 0.486. The van der Waals surface area contributed by atoms with Crippen molar-refractivity contribution in [1.82, 2.24) is 25.6 Å². The molecule has 0 aliphatic carbocycles. The number of ketones is 1. The molecule has 21 heavy (non-hydrogen) atoms. The van der Waals surface area contributed by atoms with Crippen LogP contribution >= 0.6 is 11.6 Å². The number of nitrogens with zero attached hydrogens (tertiary/aromatic N) is 4. The predicted molar refractivity (Wildman–Crippen MR) is 78.9 cm³/mol. The molecule has 2 aromatic rings. The molecule has 0 saturated carbocycles. The van der Waals surface area contributed by atoms with E-state index in [0.717, 1.165) is 18.4 Å². The van der Waals surface area contributed by atoms with Crippen molar-refractivity contribution in [2.75, 3.05) is 0 Å². The van der Waals surface area contributed by atoms with Crippen LogP contribution in [-0.4, -0.2) is 31.4 Å². The number of pyridine rings is 1. The number of H-pyrrole nitrogens is 1. The fraction of sp³-hybridized carbons (Fsp3) is 0.500. The first-order valence-corrected chi connectivity index (χ1v) is 7.33. The van der Waals surface area contributed by atoms with Crippen molar-refractivity contribution >= 4 is 17.4 Å². The number of Topliss-reactive ketones (excluding diaryl/α,β-unsaturated/α-hetero) is 1. The van der Waals surface area contributed by atoms with Gasteiger partial charge in [-0.1, -0.05) is 36.2 Å². The van der Waals surface area contributed by atoms with E-state index in [1.165, 1.54) is 0 Å². The Bertz CT molecular complexity index is 570. The first-order chi connectivity index (χ1) is 10.1. The van der Waals surface area contributed by atoms with Gasteiger partial charge in [0.15, 0.2) is 5.82 Å². The molecule has 7 heteroatoms. The number of hydrogen-bond donors (Lipinski definition) is 1. The van der Waals surface area contributed by atoms with Crippen LogP contribution in [0.5, 0.6) is 0 Å². The molecule has 0 saturated heterocycles. The van der Waals surface area contributed by atoms with Gasteiger partial charge in [-0.05, 0) is 31.4 Å². The maximum atomic E-state index is 12.0. The molecule has 2 aromatic heterocycles. The highest BCUT2D eigenvalue weighted by Crippen LogP contribution is 2.30. The van der Waals surface area contributed by atoms with Crippen LogP contribution < -0.4 is 0 Å². The lowest BCUT2D eigenvalue weighted by molar-refractivity contribution is -0.121. The average molecular weight is 308 g/mol. The number of tetrazole rings is 1. The van der Waals surface area contributed by atoms with Crippen LogP contribution in [0.25, 0.3) is 0 Å². The summed E-state index contributed by atoms with van der Waals surface area (Å²) in [5.41, 5.74) is 0.997. The van der Waals surface area contributed by atoms with Crippen molar-refractivity contribution in [3.8, 4) is 0 Å². The van der Waals surface area contributed by atoms with Gasteiger partial charge in [0.2, 0.25) is 0 Å². The van der Waals surface area contributed by atoms with Gasteiger partial charge in [0.05, 0.1) is 0 Å². The fourth-order valence-corrected chi connectivity index (χ4v) is 2.63. The van der Waals surface area contributed by atoms with Gasteiger partial charge in [0, 0.05) is 18.0 Å². The van der Waals surface area contributed by atoms with E-state index >= 15 is 0 Å². The molecule has 0 unspecified atom stereocenters. The number of aromatic nitrogens is 5. The number of carbonyl (C=O) groups excluding carboxylic acids is 1. The second kappa shape index (κ2) is 7.26. The monoisotopic (exact) mass is 307 g/mol. The number of rotatable bonds is 7. The van der Waals surface area contributed by atoms with E-state index in [1.54, 1.807) is 19.2 Å². The van der Waals surface area contributed by atoms with Gasteiger partial charge in [-0.3, -0.25) is 4.79 Å². The van der Waals surface area contributed by atoms with E-state index in [2.05, 4.69) is 32.5 Å². The summed E-state index contributed by atoms with van der Waals surface area (Å²) in [4.78, 5) is 16.1. The highest BCUT2D eigenvalue weighted by Gasteiger charge is 2.29. The number of carbonyl (C=O) groups is 1. The second-order valence-electron chi connectivity index (χ2n) is 5.08. The van der Waals surface area contributed by atoms with Crippen LogP contribution in [0.3, 0.4) is 0 Å². The molecular weight excluding hydrogens is 290 g/mol. The number of nitrogens with one attached hydrogen (secondary N) is 1. The molecule has 2 atom stereocenters. The average Bonchev–Trinajstić information content (AvgIpc) is 2.98. The summed E-state index contributed by atoms with van der Waals surface area (Å²) in [7, 11) is 0. The van der Waals surface area contributed by atoms with Crippen molar-refractivity contribution in [1.29, 1.82) is 0 Å². The molecule has 0 radical (unpaired) electrons. The Kier molecular flexibility index (Phi) is 5.38. The van der Waals surface area contributed by atoms with Crippen molar-refractivity contribution in [3.05, 3.63) is 34.9 Å². The molecule has 0 amide bonds. The third-order valence-electron chi connectivity index (χ3n) is 3.55. The van der Waals surface area contributed by atoms with Gasteiger partial charge in [0.25, 0.3) is 0 Å². The minimum Gasteiger partial charge on any atom is -0.300 e. The number of aromatic amines is 1. The first kappa shape index (κ1) is 15.6. The molecular formula is C14H18ClN5O. The van der Waals surface area contributed by atoms with E-state index in [0.29, 0.717) is 17.4 Å². The Labute approximate surface area is 128 Å². The van der Waals surface area contributed by atoms with Crippen molar-refractivity contribution in [3.63, 3.8) is 0 Å². The standard InChI is InChI=1S/C14H18ClN5O/c1-3-4-11(9(2)21)12(14-17-19-20-18-14)7-10-5-6-13(15)16-8-10/h5-6,8,11-12H,3-4,7H2,1-2H3,(H,17,18,19,20)/t11-,12+/m1/s1. The van der Waals surface area contributed by atoms with Gasteiger partial charge in [-0.2, -0.15) is 5.21 Å². The molecule has 0 bridgehead atoms. The van der Waals surface area contributed by atoms with E-state index < -0.39 is 0 Å². The molecule has 6 nitrogen and oxygen atoms in total. The summed E-state index contributed by atoms with van der Waals surface area (Å²) in [6, 6.07) is 3.65. The lowest BCUT2D eigenvalue weighted by Gasteiger charge is -2.22. The summed E-state index contributed by atoms with van der Waals surface area (Å²) >= 11 is 5.81. The maximum absolute atomic E-state index is 12.0. The Hall–Kier alpha value is -1.82. The zero-order valence-corrected chi connectivity index (χ0v) is 12.8. The number of halogens is 1. The summed E-state index contributed by atoms with van der Waals surface area (Å²) in [6.45, 7) is 3.68. The van der Waals surface area contributed by atoms with Crippen LogP contribution in [0.1, 0.15) is 44.0 Å². The maximum Gasteiger partial charge on any atom is 0.178 e. The Morgan fingerprint density at radius 2 is 2.24 bits per heavy atom. The molecule has 0 aliphatic heterocycles. The predicted octanol–water partition coefficient (Wildman–Crippen LogP) is 2.58. The molecule has 1 N–H and O–H groups in total. The second-order valence-corrected chi connectivity index (χ2v) is 5.46. The Balaban J connectivity index is 2.27. The molecule has 0 fully saturated rings. The van der Waals surface area contributed by atoms with Gasteiger partial charge in [0.1, 0.15) is 10.9 Å². The van der Waals surface area contributed by atoms with Gasteiger partial charge < -0.3 is 0 Å². The van der Waals surface area contributed by atoms with E-state index in [9.17, 15) is 4.79 Å². The van der Waals surface area contributed by atoms with E-state index in [-0.39, 0.29) is 17.6 Å². The molecule has 2 rings (SSSR count). The topological polar surface area (TPSA) is 84.4 Å². The number of hydrogen-bond acceptors (Lipinski definition) is 5. The molecule has 0 aromatic carbocycles. The highest BCUT2D eigenvalue weighted by atomic mass is 35.5. The van der Waals surface area contributed by atoms with Crippen LogP contribution in [0.15, 0.2) is 18.3 Å². The van der Waals surface area contributed by atoms with Crippen molar-refractivity contribution < 1.29 is 4.79 Å². The van der Waals surface area contributed by atoms with Crippen LogP contribution in [0.4, 0.5) is 0 Å². The zero-order chi connectivity index (χ0) is 15.2. The third-order valence-corrected chi connectivity index (χ3v) is 3.77. The van der Waals surface area contributed by atoms with Gasteiger partial charge in [-0.15, -0.1) is 10.2 Å². The SMILES string of the molecule is CCC[C@H](C(C)=O)[C@H](Cc1ccc(Cl)nc1)c1nn[nH]n1. The highest BCUT2D eigenvalue weighted by molar-refractivity contribution is 6.29. The quantitative estimate of drug-likeness (QED) is 0.795.